The predicted molar refractivity (Wildman–Crippen MR) is 77.7 cm³/mol. The van der Waals surface area contributed by atoms with Crippen molar-refractivity contribution >= 4 is 17.7 Å². The standard InChI is InChI=1S/C15H21N3O4/c1-10(19)16-11-4-12(5-11)17-13(20)2-3-14(21)18-6-15(7-18)8-22-9-15/h2-3,11-12H,4-9H2,1H3,(H,16,19)(H,17,20)/b3-2+. The first-order valence-corrected chi connectivity index (χ1v) is 7.58. The van der Waals surface area contributed by atoms with Crippen LogP contribution in [0.4, 0.5) is 0 Å². The summed E-state index contributed by atoms with van der Waals surface area (Å²) >= 11 is 0. The number of ether oxygens (including phenoxy) is 1. The lowest BCUT2D eigenvalue weighted by atomic mass is 9.78. The van der Waals surface area contributed by atoms with Crippen molar-refractivity contribution in [3.05, 3.63) is 12.2 Å². The summed E-state index contributed by atoms with van der Waals surface area (Å²) in [7, 11) is 0. The maximum atomic E-state index is 11.9. The highest BCUT2D eigenvalue weighted by molar-refractivity contribution is 5.97. The van der Waals surface area contributed by atoms with Gasteiger partial charge in [-0.2, -0.15) is 0 Å². The molecule has 2 saturated heterocycles. The van der Waals surface area contributed by atoms with Crippen molar-refractivity contribution in [1.82, 2.24) is 15.5 Å². The van der Waals surface area contributed by atoms with Gasteiger partial charge in [-0.25, -0.2) is 0 Å². The van der Waals surface area contributed by atoms with Gasteiger partial charge in [-0.05, 0) is 12.8 Å². The summed E-state index contributed by atoms with van der Waals surface area (Å²) in [5.41, 5.74) is 0.191. The van der Waals surface area contributed by atoms with Crippen molar-refractivity contribution in [2.75, 3.05) is 26.3 Å². The summed E-state index contributed by atoms with van der Waals surface area (Å²) in [5.74, 6) is -0.441. The Bertz CT molecular complexity index is 513. The monoisotopic (exact) mass is 307 g/mol. The Morgan fingerprint density at radius 3 is 2.27 bits per heavy atom. The van der Waals surface area contributed by atoms with Crippen molar-refractivity contribution in [3.8, 4) is 0 Å². The van der Waals surface area contributed by atoms with E-state index in [9.17, 15) is 14.4 Å². The van der Waals surface area contributed by atoms with Gasteiger partial charge < -0.3 is 20.3 Å². The molecule has 3 aliphatic rings. The lowest BCUT2D eigenvalue weighted by Gasteiger charge is -2.54. The topological polar surface area (TPSA) is 87.7 Å². The summed E-state index contributed by atoms with van der Waals surface area (Å²) < 4.78 is 5.16. The minimum Gasteiger partial charge on any atom is -0.380 e. The van der Waals surface area contributed by atoms with E-state index in [0.29, 0.717) is 0 Å². The molecule has 0 radical (unpaired) electrons. The lowest BCUT2D eigenvalue weighted by Crippen LogP contribution is -2.66. The second-order valence-electron chi connectivity index (χ2n) is 6.59. The molecule has 120 valence electrons. The van der Waals surface area contributed by atoms with Gasteiger partial charge in [0, 0.05) is 44.2 Å². The van der Waals surface area contributed by atoms with Crippen LogP contribution >= 0.6 is 0 Å². The average molecular weight is 307 g/mol. The second kappa shape index (κ2) is 5.72. The maximum Gasteiger partial charge on any atom is 0.246 e. The van der Waals surface area contributed by atoms with Crippen molar-refractivity contribution in [1.29, 1.82) is 0 Å². The smallest absolute Gasteiger partial charge is 0.246 e. The van der Waals surface area contributed by atoms with E-state index in [1.807, 2.05) is 0 Å². The quantitative estimate of drug-likeness (QED) is 0.665. The molecule has 0 aromatic heterocycles. The molecule has 2 aliphatic heterocycles. The fraction of sp³-hybridized carbons (Fsp3) is 0.667. The van der Waals surface area contributed by atoms with Gasteiger partial charge in [0.15, 0.2) is 0 Å². The molecule has 1 saturated carbocycles. The molecule has 2 heterocycles. The molecule has 7 nitrogen and oxygen atoms in total. The van der Waals surface area contributed by atoms with Gasteiger partial charge >= 0.3 is 0 Å². The van der Waals surface area contributed by atoms with E-state index in [0.717, 1.165) is 39.1 Å². The lowest BCUT2D eigenvalue weighted by molar-refractivity contribution is -0.192. The van der Waals surface area contributed by atoms with Gasteiger partial charge in [-0.15, -0.1) is 0 Å². The molecular formula is C15H21N3O4. The molecule has 1 spiro atoms. The van der Waals surface area contributed by atoms with Gasteiger partial charge in [-0.1, -0.05) is 0 Å². The summed E-state index contributed by atoms with van der Waals surface area (Å²) in [6.45, 7) is 4.39. The first-order chi connectivity index (χ1) is 10.5. The van der Waals surface area contributed by atoms with Crippen LogP contribution in [0.15, 0.2) is 12.2 Å². The normalized spacial score (nSPS) is 28.5. The first kappa shape index (κ1) is 15.0. The fourth-order valence-electron chi connectivity index (χ4n) is 3.14. The minimum atomic E-state index is -0.262. The van der Waals surface area contributed by atoms with Gasteiger partial charge in [0.2, 0.25) is 17.7 Å². The zero-order valence-electron chi connectivity index (χ0n) is 12.6. The molecule has 1 aliphatic carbocycles. The van der Waals surface area contributed by atoms with Crippen LogP contribution in [0, 0.1) is 5.41 Å². The highest BCUT2D eigenvalue weighted by Crippen LogP contribution is 2.37. The van der Waals surface area contributed by atoms with E-state index in [1.54, 1.807) is 4.90 Å². The molecule has 3 fully saturated rings. The summed E-state index contributed by atoms with van der Waals surface area (Å²) in [5, 5.41) is 5.62. The zero-order chi connectivity index (χ0) is 15.7. The largest absolute Gasteiger partial charge is 0.380 e. The number of hydrogen-bond acceptors (Lipinski definition) is 4. The molecular weight excluding hydrogens is 286 g/mol. The minimum absolute atomic E-state index is 0.0514. The van der Waals surface area contributed by atoms with Crippen LogP contribution in [0.25, 0.3) is 0 Å². The van der Waals surface area contributed by atoms with Gasteiger partial charge in [-0.3, -0.25) is 14.4 Å². The number of carbonyl (C=O) groups excluding carboxylic acids is 3. The van der Waals surface area contributed by atoms with Crippen molar-refractivity contribution in [3.63, 3.8) is 0 Å². The number of nitrogens with zero attached hydrogens (tertiary/aromatic N) is 1. The van der Waals surface area contributed by atoms with E-state index in [2.05, 4.69) is 10.6 Å². The molecule has 0 aromatic rings. The van der Waals surface area contributed by atoms with E-state index in [-0.39, 0.29) is 35.2 Å². The van der Waals surface area contributed by atoms with Crippen molar-refractivity contribution in [2.24, 2.45) is 5.41 Å². The van der Waals surface area contributed by atoms with Crippen LogP contribution < -0.4 is 10.6 Å². The third kappa shape index (κ3) is 3.14. The fourth-order valence-corrected chi connectivity index (χ4v) is 3.14. The van der Waals surface area contributed by atoms with E-state index in [4.69, 9.17) is 4.74 Å². The van der Waals surface area contributed by atoms with Crippen molar-refractivity contribution in [2.45, 2.75) is 31.8 Å². The number of likely N-dealkylation sites (tertiary alicyclic amines) is 1. The number of rotatable bonds is 4. The maximum absolute atomic E-state index is 11.9. The van der Waals surface area contributed by atoms with Gasteiger partial charge in [0.25, 0.3) is 0 Å². The van der Waals surface area contributed by atoms with Crippen LogP contribution in [0.2, 0.25) is 0 Å². The Morgan fingerprint density at radius 2 is 1.73 bits per heavy atom. The summed E-state index contributed by atoms with van der Waals surface area (Å²) in [4.78, 5) is 36.2. The van der Waals surface area contributed by atoms with Crippen LogP contribution in [-0.4, -0.2) is 61.0 Å². The highest BCUT2D eigenvalue weighted by atomic mass is 16.5. The number of nitrogens with one attached hydrogen (secondary N) is 2. The molecule has 3 amide bonds. The van der Waals surface area contributed by atoms with Crippen LogP contribution in [0.1, 0.15) is 19.8 Å². The van der Waals surface area contributed by atoms with Crippen LogP contribution in [0.5, 0.6) is 0 Å². The Balaban J connectivity index is 1.34. The SMILES string of the molecule is CC(=O)NC1CC(NC(=O)/C=C/C(=O)N2CC3(COC3)C2)C1. The van der Waals surface area contributed by atoms with Crippen molar-refractivity contribution < 1.29 is 19.1 Å². The highest BCUT2D eigenvalue weighted by Gasteiger charge is 2.50. The number of amides is 3. The molecule has 0 aromatic carbocycles. The van der Waals surface area contributed by atoms with E-state index >= 15 is 0 Å². The number of hydrogen-bond donors (Lipinski definition) is 2. The average Bonchev–Trinajstić information content (AvgIpc) is 2.29. The third-order valence-electron chi connectivity index (χ3n) is 4.45. The molecule has 0 unspecified atom stereocenters. The Kier molecular flexibility index (Phi) is 3.90. The molecule has 7 heteroatoms. The molecule has 0 bridgehead atoms. The Hall–Kier alpha value is -1.89. The summed E-state index contributed by atoms with van der Waals surface area (Å²) in [6.07, 6.45) is 4.09. The van der Waals surface area contributed by atoms with E-state index in [1.165, 1.54) is 19.1 Å². The Morgan fingerprint density at radius 1 is 1.09 bits per heavy atom. The zero-order valence-corrected chi connectivity index (χ0v) is 12.6. The predicted octanol–water partition coefficient (Wildman–Crippen LogP) is -0.815. The molecule has 3 rings (SSSR count). The van der Waals surface area contributed by atoms with Crippen LogP contribution in [0.3, 0.4) is 0 Å². The van der Waals surface area contributed by atoms with E-state index < -0.39 is 0 Å². The van der Waals surface area contributed by atoms with Gasteiger partial charge in [0.1, 0.15) is 0 Å². The molecule has 0 atom stereocenters. The summed E-state index contributed by atoms with van der Waals surface area (Å²) in [6, 6.07) is 0.221. The molecule has 2 N–H and O–H groups in total. The van der Waals surface area contributed by atoms with Gasteiger partial charge in [0.05, 0.1) is 18.6 Å². The van der Waals surface area contributed by atoms with Crippen LogP contribution in [-0.2, 0) is 19.1 Å². The first-order valence-electron chi connectivity index (χ1n) is 7.58. The third-order valence-corrected chi connectivity index (χ3v) is 4.45. The number of carbonyl (C=O) groups is 3. The Labute approximate surface area is 129 Å². The molecule has 22 heavy (non-hydrogen) atoms. The second-order valence-corrected chi connectivity index (χ2v) is 6.59.